The van der Waals surface area contributed by atoms with Crippen molar-refractivity contribution in [2.75, 3.05) is 42.9 Å². The van der Waals surface area contributed by atoms with Gasteiger partial charge in [-0.2, -0.15) is 0 Å². The highest BCUT2D eigenvalue weighted by molar-refractivity contribution is 7.13. The number of phenols is 1. The van der Waals surface area contributed by atoms with Crippen LogP contribution in [0.15, 0.2) is 70.7 Å². The minimum Gasteiger partial charge on any atom is -0.507 e. The summed E-state index contributed by atoms with van der Waals surface area (Å²) < 4.78 is 5.96. The van der Waals surface area contributed by atoms with Crippen molar-refractivity contribution in [1.82, 2.24) is 35.5 Å². The van der Waals surface area contributed by atoms with Gasteiger partial charge in [-0.25, -0.2) is 4.98 Å². The Kier molecular flexibility index (Phi) is 10.1. The molecule has 62 heavy (non-hydrogen) atoms. The van der Waals surface area contributed by atoms with Gasteiger partial charge in [-0.1, -0.05) is 55.4 Å². The number of likely N-dealkylation sites (tertiary alicyclic amines) is 1. The van der Waals surface area contributed by atoms with Gasteiger partial charge in [0.25, 0.3) is 0 Å². The Morgan fingerprint density at radius 2 is 1.73 bits per heavy atom. The summed E-state index contributed by atoms with van der Waals surface area (Å²) in [5.74, 6) is 1.29. The van der Waals surface area contributed by atoms with Gasteiger partial charge in [0.15, 0.2) is 17.4 Å². The number of thiazole rings is 1. The Morgan fingerprint density at radius 1 is 0.968 bits per heavy atom. The van der Waals surface area contributed by atoms with Gasteiger partial charge in [0.2, 0.25) is 17.7 Å². The van der Waals surface area contributed by atoms with Crippen molar-refractivity contribution in [3.63, 3.8) is 0 Å². The minimum absolute atomic E-state index is 0.00592. The van der Waals surface area contributed by atoms with Gasteiger partial charge in [-0.05, 0) is 93.0 Å². The summed E-state index contributed by atoms with van der Waals surface area (Å²) in [6.07, 6.45) is 4.93. The van der Waals surface area contributed by atoms with Gasteiger partial charge in [-0.3, -0.25) is 14.4 Å². The second kappa shape index (κ2) is 15.5. The molecule has 3 aliphatic heterocycles. The summed E-state index contributed by atoms with van der Waals surface area (Å²) in [5, 5.41) is 30.3. The number of hydrogen-bond donors (Lipinski definition) is 3. The molecule has 5 aromatic rings. The van der Waals surface area contributed by atoms with Crippen molar-refractivity contribution < 1.29 is 24.0 Å². The molecule has 1 unspecified atom stereocenters. The highest BCUT2D eigenvalue weighted by Crippen LogP contribution is 2.55. The van der Waals surface area contributed by atoms with Crippen molar-refractivity contribution in [2.24, 2.45) is 17.3 Å². The predicted molar refractivity (Wildman–Crippen MR) is 235 cm³/mol. The van der Waals surface area contributed by atoms with E-state index in [-0.39, 0.29) is 52.3 Å². The molecule has 15 heteroatoms. The van der Waals surface area contributed by atoms with E-state index < -0.39 is 12.0 Å². The predicted octanol–water partition coefficient (Wildman–Crippen LogP) is 6.73. The number of nitrogens with one attached hydrogen (secondary N) is 2. The number of hydrogen-bond acceptors (Lipinski definition) is 12. The molecule has 2 saturated carbocycles. The normalized spacial score (nSPS) is 23.3. The van der Waals surface area contributed by atoms with Crippen LogP contribution in [0.4, 0.5) is 11.6 Å². The summed E-state index contributed by atoms with van der Waals surface area (Å²) in [6, 6.07) is 18.5. The summed E-state index contributed by atoms with van der Waals surface area (Å²) >= 11 is 1.62. The number of aromatic hydroxyl groups is 1. The Labute approximate surface area is 365 Å². The van der Waals surface area contributed by atoms with Crippen LogP contribution in [0.5, 0.6) is 5.75 Å². The second-order valence-corrected chi connectivity index (χ2v) is 19.6. The topological polar surface area (TPSA) is 170 Å². The number of phenolic OH excluding ortho intramolecular Hbond substituents is 1. The maximum absolute atomic E-state index is 14.6. The highest BCUT2D eigenvalue weighted by atomic mass is 32.1. The van der Waals surface area contributed by atoms with E-state index in [9.17, 15) is 19.5 Å². The van der Waals surface area contributed by atoms with Crippen molar-refractivity contribution in [1.29, 1.82) is 0 Å². The first-order valence-corrected chi connectivity index (χ1v) is 22.8. The van der Waals surface area contributed by atoms with Gasteiger partial charge in [-0.15, -0.1) is 21.5 Å². The standard InChI is InChI=1S/C47H53N9O5S/c1-27(2)40(45(60)56-25-46(13-14-46)24-36(56)43(58)49-28(3)30-9-11-31(12-10-30)41-29(4)48-26-62-41)38-20-39(53-61-38)54-15-17-55(18-16-54)44(59)33-22-47(23-33)21-32-19-35(51-52-42(32)50-47)34-7-5-6-8-37(34)57/h5-12,19-20,26-28,33,36,40,57H,13-18,21-25H2,1-4H3,(H,49,58)(H,50,52)/t28-,33-,36-,40?,47+/m0/s1. The quantitative estimate of drug-likeness (QED) is 0.136. The van der Waals surface area contributed by atoms with Crippen molar-refractivity contribution in [3.05, 3.63) is 88.8 Å². The fourth-order valence-electron chi connectivity index (χ4n) is 10.3. The molecular weight excluding hydrogens is 803 g/mol. The third-order valence-corrected chi connectivity index (χ3v) is 15.1. The number of carbonyl (C=O) groups excluding carboxylic acids is 3. The zero-order chi connectivity index (χ0) is 42.9. The van der Waals surface area contributed by atoms with Gasteiger partial charge < -0.3 is 35.0 Å². The molecular formula is C47H53N9O5S. The van der Waals surface area contributed by atoms with Crippen LogP contribution >= 0.6 is 11.3 Å². The van der Waals surface area contributed by atoms with Gasteiger partial charge in [0.1, 0.15) is 17.7 Å². The lowest BCUT2D eigenvalue weighted by atomic mass is 9.66. The fourth-order valence-corrected chi connectivity index (χ4v) is 11.1. The Hall–Kier alpha value is -5.83. The minimum atomic E-state index is -0.590. The van der Waals surface area contributed by atoms with Crippen molar-refractivity contribution in [2.45, 2.75) is 89.8 Å². The number of carbonyl (C=O) groups is 3. The molecule has 5 aliphatic rings. The molecule has 0 radical (unpaired) electrons. The smallest absolute Gasteiger partial charge is 0.243 e. The molecule has 10 rings (SSSR count). The van der Waals surface area contributed by atoms with Gasteiger partial charge >= 0.3 is 0 Å². The average molecular weight is 856 g/mol. The molecule has 2 aliphatic carbocycles. The Balaban J connectivity index is 0.744. The summed E-state index contributed by atoms with van der Waals surface area (Å²) in [4.78, 5) is 53.7. The van der Waals surface area contributed by atoms with E-state index in [2.05, 4.69) is 60.1 Å². The maximum atomic E-state index is 14.6. The van der Waals surface area contributed by atoms with Gasteiger partial charge in [0, 0.05) is 61.4 Å². The number of nitrogens with zero attached hydrogens (tertiary/aromatic N) is 7. The average Bonchev–Trinajstić information content (AvgIpc) is 3.67. The maximum Gasteiger partial charge on any atom is 0.243 e. The van der Waals surface area contributed by atoms with E-state index in [0.29, 0.717) is 62.0 Å². The van der Waals surface area contributed by atoms with Crippen LogP contribution < -0.4 is 15.5 Å². The van der Waals surface area contributed by atoms with E-state index in [1.54, 1.807) is 23.5 Å². The van der Waals surface area contributed by atoms with Crippen molar-refractivity contribution >= 4 is 40.7 Å². The number of amides is 3. The van der Waals surface area contributed by atoms with E-state index in [1.807, 2.05) is 67.3 Å². The fraction of sp³-hybridized carbons (Fsp3) is 0.468. The highest BCUT2D eigenvalue weighted by Gasteiger charge is 2.56. The molecule has 2 spiro atoms. The van der Waals surface area contributed by atoms with E-state index in [0.717, 1.165) is 65.2 Å². The van der Waals surface area contributed by atoms with Crippen LogP contribution in [0.1, 0.15) is 87.4 Å². The zero-order valence-corrected chi connectivity index (χ0v) is 36.5. The van der Waals surface area contributed by atoms with Crippen molar-refractivity contribution in [3.8, 4) is 27.4 Å². The Bertz CT molecular complexity index is 2520. The summed E-state index contributed by atoms with van der Waals surface area (Å²) in [7, 11) is 0. The summed E-state index contributed by atoms with van der Waals surface area (Å²) in [6.45, 7) is 10.9. The number of para-hydroxylation sites is 1. The third-order valence-electron chi connectivity index (χ3n) is 14.1. The largest absolute Gasteiger partial charge is 0.507 e. The SMILES string of the molecule is Cc1ncsc1-c1ccc([C@H](C)NC(=O)[C@@H]2CC3(CC3)CN2C(=O)C(c2cc(N3CCN(C(=O)[C@H]4C[C@]5(Cc6cc(-c7ccccc7O)nnc6N5)C4)CC3)no2)C(C)C)cc1. The molecule has 14 nitrogen and oxygen atoms in total. The van der Waals surface area contributed by atoms with Crippen LogP contribution in [0.2, 0.25) is 0 Å². The molecule has 2 saturated heterocycles. The van der Waals surface area contributed by atoms with Crippen LogP contribution in [-0.2, 0) is 20.8 Å². The van der Waals surface area contributed by atoms with Crippen LogP contribution in [0, 0.1) is 24.2 Å². The number of aromatic nitrogens is 4. The number of piperazine rings is 1. The molecule has 322 valence electrons. The molecule has 3 atom stereocenters. The van der Waals surface area contributed by atoms with Crippen LogP contribution in [0.3, 0.4) is 0 Å². The zero-order valence-electron chi connectivity index (χ0n) is 35.6. The molecule has 6 heterocycles. The van der Waals surface area contributed by atoms with E-state index in [1.165, 1.54) is 0 Å². The van der Waals surface area contributed by atoms with E-state index >= 15 is 0 Å². The van der Waals surface area contributed by atoms with Crippen LogP contribution in [-0.4, -0.2) is 97.3 Å². The van der Waals surface area contributed by atoms with Gasteiger partial charge in [0.05, 0.1) is 27.8 Å². The number of anilines is 2. The molecule has 0 bridgehead atoms. The first-order chi connectivity index (χ1) is 29.9. The van der Waals surface area contributed by atoms with Crippen LogP contribution in [0.25, 0.3) is 21.7 Å². The summed E-state index contributed by atoms with van der Waals surface area (Å²) in [5.41, 5.74) is 7.10. The first kappa shape index (κ1) is 40.3. The second-order valence-electron chi connectivity index (χ2n) is 18.7. The molecule has 3 amide bonds. The monoisotopic (exact) mass is 855 g/mol. The number of aryl methyl sites for hydroxylation is 1. The number of benzene rings is 2. The molecule has 3 N–H and O–H groups in total. The molecule has 4 fully saturated rings. The van der Waals surface area contributed by atoms with E-state index in [4.69, 9.17) is 4.52 Å². The number of fused-ring (bicyclic) bond motifs is 1. The number of rotatable bonds is 10. The Morgan fingerprint density at radius 3 is 2.42 bits per heavy atom. The lowest BCUT2D eigenvalue weighted by Gasteiger charge is -2.47. The lowest BCUT2D eigenvalue weighted by molar-refractivity contribution is -0.141. The molecule has 3 aromatic heterocycles. The lowest BCUT2D eigenvalue weighted by Crippen LogP contribution is -2.57. The first-order valence-electron chi connectivity index (χ1n) is 21.9. The molecule has 2 aromatic carbocycles. The third kappa shape index (κ3) is 7.37.